The molecule has 0 aliphatic heterocycles. The van der Waals surface area contributed by atoms with Crippen molar-refractivity contribution in [1.82, 2.24) is 0 Å². The Bertz CT molecular complexity index is 1060. The zero-order valence-electron chi connectivity index (χ0n) is 16.2. The maximum absolute atomic E-state index is 15.4. The number of carbonyl (C=O) groups is 2. The Labute approximate surface area is 168 Å². The van der Waals surface area contributed by atoms with Crippen molar-refractivity contribution in [3.05, 3.63) is 83.2 Å². The van der Waals surface area contributed by atoms with Crippen molar-refractivity contribution < 1.29 is 18.7 Å². The van der Waals surface area contributed by atoms with Crippen molar-refractivity contribution in [2.75, 3.05) is 12.4 Å². The Morgan fingerprint density at radius 1 is 1.07 bits per heavy atom. The molecule has 0 aliphatic carbocycles. The lowest BCUT2D eigenvalue weighted by atomic mass is 9.95. The molecular weight excluding hydrogens is 371 g/mol. The maximum Gasteiger partial charge on any atom is 0.316 e. The number of nitrogens with one attached hydrogen (secondary N) is 1. The molecule has 0 radical (unpaired) electrons. The van der Waals surface area contributed by atoms with Gasteiger partial charge in [-0.2, -0.15) is 0 Å². The van der Waals surface area contributed by atoms with E-state index in [-0.39, 0.29) is 5.78 Å². The number of methoxy groups -OCH3 is 1. The second-order valence-corrected chi connectivity index (χ2v) is 6.62. The lowest BCUT2D eigenvalue weighted by Crippen LogP contribution is -2.19. The van der Waals surface area contributed by atoms with Gasteiger partial charge in [0.05, 0.1) is 12.7 Å². The van der Waals surface area contributed by atoms with E-state index in [1.807, 2.05) is 0 Å². The second-order valence-electron chi connectivity index (χ2n) is 6.62. The smallest absolute Gasteiger partial charge is 0.316 e. The quantitative estimate of drug-likeness (QED) is 0.592. The standard InChI is InChI=1S/C23H21FN2O3/c1-14(27)16-4-3-5-17(13-16)21-20(29-2)11-8-18(22(21)24)12-15-6-9-19(10-7-15)26-23(25)28/h3-11,13H,12H2,1-2H3,(H3,25,26,28). The number of ketones is 1. The summed E-state index contributed by atoms with van der Waals surface area (Å²) >= 11 is 0. The first kappa shape index (κ1) is 20.1. The highest BCUT2D eigenvalue weighted by atomic mass is 19.1. The minimum Gasteiger partial charge on any atom is -0.496 e. The Morgan fingerprint density at radius 3 is 2.41 bits per heavy atom. The molecule has 3 aromatic rings. The van der Waals surface area contributed by atoms with E-state index in [2.05, 4.69) is 5.32 Å². The molecule has 0 unspecified atom stereocenters. The molecule has 3 N–H and O–H groups in total. The predicted molar refractivity (Wildman–Crippen MR) is 111 cm³/mol. The van der Waals surface area contributed by atoms with Gasteiger partial charge < -0.3 is 15.8 Å². The maximum atomic E-state index is 15.4. The number of rotatable bonds is 6. The van der Waals surface area contributed by atoms with Gasteiger partial charge in [0.15, 0.2) is 5.78 Å². The monoisotopic (exact) mass is 392 g/mol. The molecule has 0 aromatic heterocycles. The van der Waals surface area contributed by atoms with Crippen LogP contribution in [-0.4, -0.2) is 18.9 Å². The Hall–Kier alpha value is -3.67. The zero-order chi connectivity index (χ0) is 21.0. The van der Waals surface area contributed by atoms with E-state index >= 15 is 4.39 Å². The summed E-state index contributed by atoms with van der Waals surface area (Å²) in [7, 11) is 1.48. The predicted octanol–water partition coefficient (Wildman–Crippen LogP) is 4.79. The van der Waals surface area contributed by atoms with Gasteiger partial charge in [-0.1, -0.05) is 36.4 Å². The molecule has 3 aromatic carbocycles. The Morgan fingerprint density at radius 2 is 1.79 bits per heavy atom. The molecule has 0 bridgehead atoms. The summed E-state index contributed by atoms with van der Waals surface area (Å²) in [6.07, 6.45) is 0.353. The third kappa shape index (κ3) is 4.60. The molecule has 3 rings (SSSR count). The average Bonchev–Trinajstić information content (AvgIpc) is 2.70. The Kier molecular flexibility index (Phi) is 5.93. The summed E-state index contributed by atoms with van der Waals surface area (Å²) in [6, 6.07) is 16.6. The van der Waals surface area contributed by atoms with Crippen molar-refractivity contribution in [3.63, 3.8) is 0 Å². The number of halogens is 1. The molecule has 0 aliphatic rings. The summed E-state index contributed by atoms with van der Waals surface area (Å²) in [5.41, 5.74) is 8.43. The van der Waals surface area contributed by atoms with E-state index in [9.17, 15) is 9.59 Å². The van der Waals surface area contributed by atoms with Crippen molar-refractivity contribution in [3.8, 4) is 16.9 Å². The van der Waals surface area contributed by atoms with E-state index < -0.39 is 11.8 Å². The molecule has 0 saturated carbocycles. The first-order valence-corrected chi connectivity index (χ1v) is 9.01. The van der Waals surface area contributed by atoms with Gasteiger partial charge in [0.1, 0.15) is 11.6 Å². The van der Waals surface area contributed by atoms with Crippen LogP contribution in [0.4, 0.5) is 14.9 Å². The van der Waals surface area contributed by atoms with Gasteiger partial charge in [0, 0.05) is 17.7 Å². The fourth-order valence-corrected chi connectivity index (χ4v) is 3.14. The fraction of sp³-hybridized carbons (Fsp3) is 0.130. The van der Waals surface area contributed by atoms with Crippen LogP contribution < -0.4 is 15.8 Å². The number of urea groups is 1. The van der Waals surface area contributed by atoms with Gasteiger partial charge in [0.2, 0.25) is 0 Å². The fourth-order valence-electron chi connectivity index (χ4n) is 3.14. The molecule has 148 valence electrons. The summed E-state index contributed by atoms with van der Waals surface area (Å²) < 4.78 is 20.8. The highest BCUT2D eigenvalue weighted by Gasteiger charge is 2.17. The van der Waals surface area contributed by atoms with E-state index in [0.717, 1.165) is 5.56 Å². The number of hydrogen-bond donors (Lipinski definition) is 2. The number of benzene rings is 3. The van der Waals surface area contributed by atoms with Gasteiger partial charge in [-0.25, -0.2) is 9.18 Å². The molecule has 0 fully saturated rings. The van der Waals surface area contributed by atoms with Crippen LogP contribution in [0.2, 0.25) is 0 Å². The third-order valence-electron chi connectivity index (χ3n) is 4.58. The van der Waals surface area contributed by atoms with Crippen LogP contribution in [0.3, 0.4) is 0 Å². The minimum absolute atomic E-state index is 0.0907. The van der Waals surface area contributed by atoms with Crippen LogP contribution in [0, 0.1) is 5.82 Å². The highest BCUT2D eigenvalue weighted by Crippen LogP contribution is 2.35. The summed E-state index contributed by atoms with van der Waals surface area (Å²) in [5.74, 6) is -0.0932. The van der Waals surface area contributed by atoms with Gasteiger partial charge >= 0.3 is 6.03 Å². The summed E-state index contributed by atoms with van der Waals surface area (Å²) in [5, 5.41) is 2.49. The van der Waals surface area contributed by atoms with E-state index in [0.29, 0.717) is 40.1 Å². The van der Waals surface area contributed by atoms with Crippen molar-refractivity contribution in [1.29, 1.82) is 0 Å². The largest absolute Gasteiger partial charge is 0.496 e. The van der Waals surface area contributed by atoms with Crippen molar-refractivity contribution in [2.24, 2.45) is 5.73 Å². The average molecular weight is 392 g/mol. The molecule has 0 saturated heterocycles. The van der Waals surface area contributed by atoms with Gasteiger partial charge in [-0.15, -0.1) is 0 Å². The number of amides is 2. The molecule has 5 nitrogen and oxygen atoms in total. The molecule has 0 heterocycles. The molecular formula is C23H21FN2O3. The number of nitrogens with two attached hydrogens (primary N) is 1. The highest BCUT2D eigenvalue weighted by molar-refractivity contribution is 5.95. The number of primary amides is 1. The molecule has 0 atom stereocenters. The number of ether oxygens (including phenoxy) is 1. The van der Waals surface area contributed by atoms with E-state index in [4.69, 9.17) is 10.5 Å². The van der Waals surface area contributed by atoms with Crippen LogP contribution >= 0.6 is 0 Å². The minimum atomic E-state index is -0.642. The van der Waals surface area contributed by atoms with Crippen LogP contribution in [0.1, 0.15) is 28.4 Å². The van der Waals surface area contributed by atoms with Crippen LogP contribution in [0.25, 0.3) is 11.1 Å². The molecule has 29 heavy (non-hydrogen) atoms. The van der Waals surface area contributed by atoms with Crippen LogP contribution in [0.5, 0.6) is 5.75 Å². The van der Waals surface area contributed by atoms with Gasteiger partial charge in [0.25, 0.3) is 0 Å². The Balaban J connectivity index is 1.98. The summed E-state index contributed by atoms with van der Waals surface area (Å²) in [4.78, 5) is 22.6. The molecule has 2 amide bonds. The van der Waals surface area contributed by atoms with Crippen LogP contribution in [0.15, 0.2) is 60.7 Å². The SMILES string of the molecule is COc1ccc(Cc2ccc(NC(N)=O)cc2)c(F)c1-c1cccc(C(C)=O)c1. The lowest BCUT2D eigenvalue weighted by molar-refractivity contribution is 0.101. The van der Waals surface area contributed by atoms with Crippen LogP contribution in [-0.2, 0) is 6.42 Å². The lowest BCUT2D eigenvalue weighted by Gasteiger charge is -2.14. The van der Waals surface area contributed by atoms with Gasteiger partial charge in [-0.05, 0) is 47.9 Å². The number of Topliss-reactive ketones (excluding diaryl/α,β-unsaturated/α-hetero) is 1. The van der Waals surface area contributed by atoms with Gasteiger partial charge in [-0.3, -0.25) is 4.79 Å². The summed E-state index contributed by atoms with van der Waals surface area (Å²) in [6.45, 7) is 1.47. The topological polar surface area (TPSA) is 81.4 Å². The molecule has 6 heteroatoms. The third-order valence-corrected chi connectivity index (χ3v) is 4.58. The number of anilines is 1. The normalized spacial score (nSPS) is 10.4. The van der Waals surface area contributed by atoms with E-state index in [1.165, 1.54) is 14.0 Å². The first-order valence-electron chi connectivity index (χ1n) is 9.01. The van der Waals surface area contributed by atoms with E-state index in [1.54, 1.807) is 60.7 Å². The molecule has 0 spiro atoms. The number of hydrogen-bond acceptors (Lipinski definition) is 3. The number of carbonyl (C=O) groups excluding carboxylic acids is 2. The van der Waals surface area contributed by atoms with Crippen molar-refractivity contribution >= 4 is 17.5 Å². The zero-order valence-corrected chi connectivity index (χ0v) is 16.2. The van der Waals surface area contributed by atoms with Crippen molar-refractivity contribution in [2.45, 2.75) is 13.3 Å². The second kappa shape index (κ2) is 8.56. The first-order chi connectivity index (χ1) is 13.9.